The Morgan fingerprint density at radius 3 is 2.54 bits per heavy atom. The van der Waals surface area contributed by atoms with Gasteiger partial charge in [-0.1, -0.05) is 17.7 Å². The van der Waals surface area contributed by atoms with Gasteiger partial charge in [0.2, 0.25) is 5.75 Å². The molecule has 2 aromatic rings. The highest BCUT2D eigenvalue weighted by molar-refractivity contribution is 7.86. The highest BCUT2D eigenvalue weighted by Crippen LogP contribution is 2.40. The molecule has 3 rings (SSSR count). The molecule has 1 atom stereocenters. The van der Waals surface area contributed by atoms with Gasteiger partial charge >= 0.3 is 11.7 Å². The summed E-state index contributed by atoms with van der Waals surface area (Å²) in [5.41, 5.74) is 1.01. The number of nitro benzene ring substituents is 1. The molecule has 1 aliphatic heterocycles. The van der Waals surface area contributed by atoms with E-state index < -0.39 is 27.1 Å². The van der Waals surface area contributed by atoms with E-state index >= 15 is 0 Å². The standard InChI is InChI=1S/C18H17NO8S/c1-11-3-5-13(6-4-11)28(23,24)26-10-12-9-15-14(18(20)25-2)7-8-16(19(21)22)17(15)27-12/h3-8,12H,9-10H2,1-2H3. The average molecular weight is 407 g/mol. The third-order valence-electron chi connectivity index (χ3n) is 4.28. The molecule has 1 heterocycles. The number of nitro groups is 1. The van der Waals surface area contributed by atoms with E-state index in [-0.39, 0.29) is 34.9 Å². The summed E-state index contributed by atoms with van der Waals surface area (Å²) in [5, 5.41) is 11.2. The molecule has 0 N–H and O–H groups in total. The number of esters is 1. The van der Waals surface area contributed by atoms with Gasteiger partial charge in [0, 0.05) is 18.1 Å². The van der Waals surface area contributed by atoms with Crippen LogP contribution in [0.5, 0.6) is 5.75 Å². The first-order valence-electron chi connectivity index (χ1n) is 8.24. The van der Waals surface area contributed by atoms with Crippen molar-refractivity contribution in [2.75, 3.05) is 13.7 Å². The first-order valence-corrected chi connectivity index (χ1v) is 9.65. The fourth-order valence-electron chi connectivity index (χ4n) is 2.86. The number of hydrogen-bond donors (Lipinski definition) is 0. The van der Waals surface area contributed by atoms with Crippen LogP contribution in [-0.2, 0) is 25.5 Å². The molecule has 10 heteroatoms. The van der Waals surface area contributed by atoms with Crippen molar-refractivity contribution in [1.82, 2.24) is 0 Å². The van der Waals surface area contributed by atoms with E-state index in [0.29, 0.717) is 5.56 Å². The van der Waals surface area contributed by atoms with E-state index in [4.69, 9.17) is 8.92 Å². The summed E-state index contributed by atoms with van der Waals surface area (Å²) in [5.74, 6) is -0.738. The second-order valence-electron chi connectivity index (χ2n) is 6.18. The van der Waals surface area contributed by atoms with Gasteiger partial charge in [0.1, 0.15) is 12.7 Å². The summed E-state index contributed by atoms with van der Waals surface area (Å²) in [4.78, 5) is 22.5. The Bertz CT molecular complexity index is 1030. The molecule has 28 heavy (non-hydrogen) atoms. The number of hydrogen-bond acceptors (Lipinski definition) is 8. The maximum absolute atomic E-state index is 12.3. The lowest BCUT2D eigenvalue weighted by molar-refractivity contribution is -0.385. The molecule has 0 amide bonds. The molecule has 9 nitrogen and oxygen atoms in total. The lowest BCUT2D eigenvalue weighted by Crippen LogP contribution is -2.23. The highest BCUT2D eigenvalue weighted by atomic mass is 32.2. The number of aryl methyl sites for hydroxylation is 1. The van der Waals surface area contributed by atoms with E-state index in [9.17, 15) is 23.3 Å². The van der Waals surface area contributed by atoms with E-state index in [2.05, 4.69) is 4.74 Å². The van der Waals surface area contributed by atoms with Gasteiger partial charge in [0.05, 0.1) is 22.5 Å². The number of rotatable bonds is 6. The molecule has 0 radical (unpaired) electrons. The number of nitrogens with zero attached hydrogens (tertiary/aromatic N) is 1. The largest absolute Gasteiger partial charge is 0.480 e. The fraction of sp³-hybridized carbons (Fsp3) is 0.278. The number of carbonyl (C=O) groups is 1. The quantitative estimate of drug-likeness (QED) is 0.310. The third-order valence-corrected chi connectivity index (χ3v) is 5.57. The summed E-state index contributed by atoms with van der Waals surface area (Å²) in [7, 11) is -2.82. The Morgan fingerprint density at radius 1 is 1.25 bits per heavy atom. The summed E-state index contributed by atoms with van der Waals surface area (Å²) in [6.07, 6.45) is -0.732. The van der Waals surface area contributed by atoms with Gasteiger partial charge in [-0.25, -0.2) is 4.79 Å². The number of ether oxygens (including phenoxy) is 2. The maximum atomic E-state index is 12.3. The Morgan fingerprint density at radius 2 is 1.93 bits per heavy atom. The predicted molar refractivity (Wildman–Crippen MR) is 96.9 cm³/mol. The van der Waals surface area contributed by atoms with Gasteiger partial charge < -0.3 is 9.47 Å². The Balaban J connectivity index is 1.80. The van der Waals surface area contributed by atoms with E-state index in [0.717, 1.165) is 11.6 Å². The van der Waals surface area contributed by atoms with Crippen molar-refractivity contribution >= 4 is 21.8 Å². The van der Waals surface area contributed by atoms with Crippen LogP contribution in [0.15, 0.2) is 41.3 Å². The van der Waals surface area contributed by atoms with Crippen molar-refractivity contribution < 1.29 is 31.8 Å². The van der Waals surface area contributed by atoms with Crippen LogP contribution in [0.25, 0.3) is 0 Å². The van der Waals surface area contributed by atoms with Crippen LogP contribution >= 0.6 is 0 Å². The number of fused-ring (bicyclic) bond motifs is 1. The van der Waals surface area contributed by atoms with Crippen LogP contribution in [0.2, 0.25) is 0 Å². The molecule has 1 unspecified atom stereocenters. The Hall–Kier alpha value is -2.98. The SMILES string of the molecule is COC(=O)c1ccc([N+](=O)[O-])c2c1CC(COS(=O)(=O)c1ccc(C)cc1)O2. The molecular weight excluding hydrogens is 390 g/mol. The normalized spacial score (nSPS) is 15.6. The number of carbonyl (C=O) groups excluding carboxylic acids is 1. The van der Waals surface area contributed by atoms with E-state index in [1.807, 2.05) is 6.92 Å². The van der Waals surface area contributed by atoms with Gasteiger partial charge in [-0.15, -0.1) is 0 Å². The van der Waals surface area contributed by atoms with Crippen LogP contribution in [-0.4, -0.2) is 39.1 Å². The Labute approximate surface area is 161 Å². The third kappa shape index (κ3) is 3.82. The van der Waals surface area contributed by atoms with Gasteiger partial charge in [-0.05, 0) is 25.1 Å². The minimum atomic E-state index is -4.01. The first kappa shape index (κ1) is 19.8. The van der Waals surface area contributed by atoms with E-state index in [1.165, 1.54) is 25.3 Å². The van der Waals surface area contributed by atoms with Crippen LogP contribution in [0.4, 0.5) is 5.69 Å². The second-order valence-corrected chi connectivity index (χ2v) is 7.80. The number of benzene rings is 2. The smallest absolute Gasteiger partial charge is 0.338 e. The number of methoxy groups -OCH3 is 1. The lowest BCUT2D eigenvalue weighted by Gasteiger charge is -2.11. The molecule has 0 saturated carbocycles. The van der Waals surface area contributed by atoms with Crippen molar-refractivity contribution in [3.05, 3.63) is 63.2 Å². The monoisotopic (exact) mass is 407 g/mol. The summed E-state index contributed by atoms with van der Waals surface area (Å²) in [6.45, 7) is 1.47. The zero-order valence-corrected chi connectivity index (χ0v) is 15.9. The van der Waals surface area contributed by atoms with Crippen molar-refractivity contribution in [2.45, 2.75) is 24.3 Å². The van der Waals surface area contributed by atoms with Crippen LogP contribution in [0.3, 0.4) is 0 Å². The van der Waals surface area contributed by atoms with Gasteiger partial charge in [-0.2, -0.15) is 8.42 Å². The topological polar surface area (TPSA) is 122 Å². The Kier molecular flexibility index (Phi) is 5.34. The molecule has 148 valence electrons. The van der Waals surface area contributed by atoms with Crippen LogP contribution in [0, 0.1) is 17.0 Å². The van der Waals surface area contributed by atoms with Crippen LogP contribution in [0.1, 0.15) is 21.5 Å². The van der Waals surface area contributed by atoms with Crippen LogP contribution < -0.4 is 4.74 Å². The fourth-order valence-corrected chi connectivity index (χ4v) is 3.80. The molecular formula is C18H17NO8S. The van der Waals surface area contributed by atoms with Crippen molar-refractivity contribution in [3.63, 3.8) is 0 Å². The molecule has 0 saturated heterocycles. The second kappa shape index (κ2) is 7.56. The molecule has 0 fully saturated rings. The summed E-state index contributed by atoms with van der Waals surface area (Å²) >= 11 is 0. The van der Waals surface area contributed by atoms with Gasteiger partial charge in [0.15, 0.2) is 0 Å². The average Bonchev–Trinajstić information content (AvgIpc) is 3.09. The predicted octanol–water partition coefficient (Wildman–Crippen LogP) is 2.40. The zero-order chi connectivity index (χ0) is 20.5. The van der Waals surface area contributed by atoms with Gasteiger partial charge in [0.25, 0.3) is 10.1 Å². The van der Waals surface area contributed by atoms with Crippen molar-refractivity contribution in [1.29, 1.82) is 0 Å². The zero-order valence-electron chi connectivity index (χ0n) is 15.1. The molecule has 0 spiro atoms. The summed E-state index contributed by atoms with van der Waals surface area (Å²) < 4.78 is 39.9. The molecule has 0 bridgehead atoms. The summed E-state index contributed by atoms with van der Waals surface area (Å²) in [6, 6.07) is 8.58. The minimum Gasteiger partial charge on any atom is -0.480 e. The van der Waals surface area contributed by atoms with E-state index in [1.54, 1.807) is 12.1 Å². The molecule has 0 aliphatic carbocycles. The highest BCUT2D eigenvalue weighted by Gasteiger charge is 2.35. The molecule has 2 aromatic carbocycles. The minimum absolute atomic E-state index is 0.00478. The lowest BCUT2D eigenvalue weighted by atomic mass is 10.0. The van der Waals surface area contributed by atoms with Crippen molar-refractivity contribution in [3.8, 4) is 5.75 Å². The maximum Gasteiger partial charge on any atom is 0.338 e. The first-order chi connectivity index (χ1) is 13.2. The van der Waals surface area contributed by atoms with Gasteiger partial charge in [-0.3, -0.25) is 14.3 Å². The van der Waals surface area contributed by atoms with Crippen molar-refractivity contribution in [2.24, 2.45) is 0 Å². The molecule has 1 aliphatic rings. The molecule has 0 aromatic heterocycles.